The highest BCUT2D eigenvalue weighted by Crippen LogP contribution is 2.26. The van der Waals surface area contributed by atoms with Gasteiger partial charge in [-0.3, -0.25) is 14.3 Å². The number of carbonyl (C=O) groups excluding carboxylic acids is 2. The van der Waals surface area contributed by atoms with Gasteiger partial charge in [0.1, 0.15) is 21.3 Å². The summed E-state index contributed by atoms with van der Waals surface area (Å²) >= 11 is 3.01. The van der Waals surface area contributed by atoms with Crippen LogP contribution >= 0.6 is 22.7 Å². The molecular formula is C35H30N10O2S2. The maximum absolute atomic E-state index is 12.9. The second-order valence-electron chi connectivity index (χ2n) is 11.5. The fourth-order valence-electron chi connectivity index (χ4n) is 5.45. The van der Waals surface area contributed by atoms with Gasteiger partial charge in [-0.25, -0.2) is 19.9 Å². The van der Waals surface area contributed by atoms with Gasteiger partial charge in [-0.2, -0.15) is 15.3 Å². The van der Waals surface area contributed by atoms with Crippen LogP contribution in [0.4, 0.5) is 0 Å². The number of pyridine rings is 2. The minimum Gasteiger partial charge on any atom is -0.306 e. The maximum Gasteiger partial charge on any atom is 0.173 e. The molecule has 12 nitrogen and oxygen atoms in total. The molecule has 0 aromatic carbocycles. The van der Waals surface area contributed by atoms with Crippen molar-refractivity contribution in [1.82, 2.24) is 48.7 Å². The number of aryl methyl sites for hydroxylation is 4. The Labute approximate surface area is 288 Å². The van der Waals surface area contributed by atoms with E-state index in [0.717, 1.165) is 49.4 Å². The number of fused-ring (bicyclic) bond motifs is 2. The number of ketones is 2. The quantitative estimate of drug-likeness (QED) is 0.171. The van der Waals surface area contributed by atoms with E-state index < -0.39 is 0 Å². The largest absolute Gasteiger partial charge is 0.306 e. The van der Waals surface area contributed by atoms with Gasteiger partial charge < -0.3 is 8.80 Å². The van der Waals surface area contributed by atoms with Crippen LogP contribution in [-0.2, 0) is 19.9 Å². The lowest BCUT2D eigenvalue weighted by atomic mass is 10.0. The summed E-state index contributed by atoms with van der Waals surface area (Å²) in [6, 6.07) is 5.68. The molecule has 0 radical (unpaired) electrons. The number of hydrogen-bond acceptors (Lipinski definition) is 11. The molecule has 0 saturated carbocycles. The predicted molar refractivity (Wildman–Crippen MR) is 188 cm³/mol. The summed E-state index contributed by atoms with van der Waals surface area (Å²) in [4.78, 5) is 43.1. The Hall–Kier alpha value is -5.73. The average Bonchev–Trinajstić information content (AvgIpc) is 3.93. The number of hydrogen-bond donors (Lipinski definition) is 0. The lowest BCUT2D eigenvalue weighted by Crippen LogP contribution is -2.07. The Bertz CT molecular complexity index is 2470. The van der Waals surface area contributed by atoms with Crippen LogP contribution in [-0.4, -0.2) is 60.3 Å². The number of thiazole rings is 2. The summed E-state index contributed by atoms with van der Waals surface area (Å²) in [5.41, 5.74) is 8.95. The zero-order valence-electron chi connectivity index (χ0n) is 27.1. The van der Waals surface area contributed by atoms with Crippen LogP contribution in [0.5, 0.6) is 0 Å². The van der Waals surface area contributed by atoms with Gasteiger partial charge in [0, 0.05) is 89.3 Å². The number of imidazole rings is 2. The summed E-state index contributed by atoms with van der Waals surface area (Å²) in [6.07, 6.45) is 16.8. The van der Waals surface area contributed by atoms with Crippen LogP contribution in [0, 0.1) is 20.8 Å². The van der Waals surface area contributed by atoms with Crippen molar-refractivity contribution in [3.05, 3.63) is 123 Å². The minimum absolute atomic E-state index is 0.00654. The van der Waals surface area contributed by atoms with Crippen LogP contribution in [0.2, 0.25) is 0 Å². The van der Waals surface area contributed by atoms with E-state index in [0.29, 0.717) is 22.4 Å². The van der Waals surface area contributed by atoms with Gasteiger partial charge in [-0.05, 0) is 44.5 Å². The van der Waals surface area contributed by atoms with E-state index >= 15 is 0 Å². The molecule has 49 heavy (non-hydrogen) atoms. The average molecular weight is 687 g/mol. The van der Waals surface area contributed by atoms with Crippen LogP contribution in [0.1, 0.15) is 47.7 Å². The first-order chi connectivity index (χ1) is 23.7. The van der Waals surface area contributed by atoms with Crippen molar-refractivity contribution in [1.29, 1.82) is 0 Å². The SMILES string of the molecule is Cc1csc(CC(=O)c2cc(-c3ccn(C)n3)cn3ccnc23)n1.Cc1csc(CC(=O)c2cc(-c3cnncc3C)cn3ccnc23)n1. The Morgan fingerprint density at radius 2 is 1.29 bits per heavy atom. The second kappa shape index (κ2) is 13.4. The molecule has 0 unspecified atom stereocenters. The van der Waals surface area contributed by atoms with Crippen LogP contribution < -0.4 is 0 Å². The molecule has 0 aliphatic carbocycles. The molecule has 8 rings (SSSR count). The van der Waals surface area contributed by atoms with Crippen molar-refractivity contribution < 1.29 is 9.59 Å². The summed E-state index contributed by atoms with van der Waals surface area (Å²) in [6.45, 7) is 5.83. The standard InChI is InChI=1S/C18H15N5OS.C17H15N5OS/c1-11-7-20-21-8-15(11)13-5-14(18-19-3-4-23(18)9-13)16(24)6-17-22-12(2)10-25-17;1-11-10-24-16(19-11)8-15(23)13-7-12(14-3-5-21(2)20-14)9-22-6-4-18-17(13)22/h3-5,7-10H,6H2,1-2H3;3-7,9-10H,8H2,1-2H3. The van der Waals surface area contributed by atoms with Crippen molar-refractivity contribution in [2.24, 2.45) is 7.05 Å². The third kappa shape index (κ3) is 6.82. The number of carbonyl (C=O) groups is 2. The molecule has 0 saturated heterocycles. The number of nitrogens with zero attached hydrogens (tertiary/aromatic N) is 10. The fraction of sp³-hybridized carbons (Fsp3) is 0.171. The zero-order chi connectivity index (χ0) is 34.1. The molecule has 0 aliphatic rings. The van der Waals surface area contributed by atoms with E-state index in [9.17, 15) is 9.59 Å². The summed E-state index contributed by atoms with van der Waals surface area (Å²) in [7, 11) is 1.87. The summed E-state index contributed by atoms with van der Waals surface area (Å²) < 4.78 is 5.48. The Balaban J connectivity index is 0.000000154. The topological polar surface area (TPSA) is 138 Å². The Morgan fingerprint density at radius 1 is 0.735 bits per heavy atom. The number of aromatic nitrogens is 10. The van der Waals surface area contributed by atoms with Crippen LogP contribution in [0.3, 0.4) is 0 Å². The first kappa shape index (κ1) is 31.8. The molecule has 8 aromatic rings. The van der Waals surface area contributed by atoms with Crippen LogP contribution in [0.15, 0.2) is 84.7 Å². The van der Waals surface area contributed by atoms with Crippen molar-refractivity contribution in [2.75, 3.05) is 0 Å². The van der Waals surface area contributed by atoms with Gasteiger partial charge in [0.05, 0.1) is 42.1 Å². The van der Waals surface area contributed by atoms with Gasteiger partial charge in [0.15, 0.2) is 11.6 Å². The van der Waals surface area contributed by atoms with E-state index in [1.165, 1.54) is 22.7 Å². The monoisotopic (exact) mass is 686 g/mol. The highest BCUT2D eigenvalue weighted by Gasteiger charge is 2.18. The summed E-state index contributed by atoms with van der Waals surface area (Å²) in [5, 5.41) is 17.8. The second-order valence-corrected chi connectivity index (χ2v) is 13.4. The third-order valence-electron chi connectivity index (χ3n) is 7.78. The van der Waals surface area contributed by atoms with Crippen molar-refractivity contribution >= 4 is 45.5 Å². The van der Waals surface area contributed by atoms with Gasteiger partial charge in [-0.15, -0.1) is 22.7 Å². The molecule has 244 valence electrons. The Morgan fingerprint density at radius 3 is 1.80 bits per heavy atom. The maximum atomic E-state index is 12.9. The van der Waals surface area contributed by atoms with E-state index in [4.69, 9.17) is 0 Å². The lowest BCUT2D eigenvalue weighted by Gasteiger charge is -2.09. The molecule has 8 heterocycles. The fourth-order valence-corrected chi connectivity index (χ4v) is 6.99. The molecule has 0 aliphatic heterocycles. The molecule has 0 spiro atoms. The van der Waals surface area contributed by atoms with E-state index in [1.54, 1.807) is 29.5 Å². The van der Waals surface area contributed by atoms with Crippen molar-refractivity contribution in [2.45, 2.75) is 33.6 Å². The van der Waals surface area contributed by atoms with Crippen LogP contribution in [0.25, 0.3) is 33.7 Å². The highest BCUT2D eigenvalue weighted by atomic mass is 32.1. The molecule has 0 amide bonds. The third-order valence-corrected chi connectivity index (χ3v) is 9.72. The summed E-state index contributed by atoms with van der Waals surface area (Å²) in [5.74, 6) is 0.0189. The zero-order valence-corrected chi connectivity index (χ0v) is 28.7. The first-order valence-corrected chi connectivity index (χ1v) is 17.1. The molecular weight excluding hydrogens is 657 g/mol. The lowest BCUT2D eigenvalue weighted by molar-refractivity contribution is 0.0985. The van der Waals surface area contributed by atoms with Gasteiger partial charge in [0.25, 0.3) is 0 Å². The first-order valence-electron chi connectivity index (χ1n) is 15.3. The predicted octanol–water partition coefficient (Wildman–Crippen LogP) is 6.22. The van der Waals surface area contributed by atoms with E-state index in [1.807, 2.05) is 96.6 Å². The molecule has 0 atom stereocenters. The van der Waals surface area contributed by atoms with Gasteiger partial charge in [0.2, 0.25) is 0 Å². The highest BCUT2D eigenvalue weighted by molar-refractivity contribution is 7.10. The molecule has 0 N–H and O–H groups in total. The van der Waals surface area contributed by atoms with Crippen molar-refractivity contribution in [3.8, 4) is 22.4 Å². The minimum atomic E-state index is 0.00654. The molecule has 14 heteroatoms. The normalized spacial score (nSPS) is 11.2. The van der Waals surface area contributed by atoms with Gasteiger partial charge in [-0.1, -0.05) is 0 Å². The number of rotatable bonds is 8. The molecule has 0 fully saturated rings. The molecule has 0 bridgehead atoms. The van der Waals surface area contributed by atoms with Crippen molar-refractivity contribution in [3.63, 3.8) is 0 Å². The van der Waals surface area contributed by atoms with E-state index in [2.05, 4.69) is 35.2 Å². The van der Waals surface area contributed by atoms with Gasteiger partial charge >= 0.3 is 0 Å². The Kier molecular flexibility index (Phi) is 8.72. The smallest absolute Gasteiger partial charge is 0.173 e. The van der Waals surface area contributed by atoms with E-state index in [-0.39, 0.29) is 24.4 Å². The molecule has 8 aromatic heterocycles. The number of Topliss-reactive ketones (excluding diaryl/α,β-unsaturated/α-hetero) is 2.